The van der Waals surface area contributed by atoms with Gasteiger partial charge in [-0.3, -0.25) is 14.6 Å². The number of rotatable bonds is 1. The minimum Gasteiger partial charge on any atom is -0.294 e. The number of carbonyl (C=O) groups is 2. The van der Waals surface area contributed by atoms with Crippen LogP contribution in [-0.2, 0) is 4.79 Å². The highest BCUT2D eigenvalue weighted by Crippen LogP contribution is 2.52. The van der Waals surface area contributed by atoms with E-state index in [1.54, 1.807) is 0 Å². The first-order valence-electron chi connectivity index (χ1n) is 10.9. The summed E-state index contributed by atoms with van der Waals surface area (Å²) in [5, 5.41) is 2.22. The third-order valence-electron chi connectivity index (χ3n) is 7.00. The largest absolute Gasteiger partial charge is 0.294 e. The Bertz CT molecular complexity index is 1350. The van der Waals surface area contributed by atoms with Crippen molar-refractivity contribution in [2.24, 2.45) is 16.3 Å². The van der Waals surface area contributed by atoms with Gasteiger partial charge >= 0.3 is 0 Å². The molecule has 2 unspecified atom stereocenters. The zero-order chi connectivity index (χ0) is 21.3. The molecule has 3 aromatic carbocycles. The zero-order valence-electron chi connectivity index (χ0n) is 17.7. The van der Waals surface area contributed by atoms with Gasteiger partial charge in [-0.1, -0.05) is 80.6 Å². The molecule has 0 aromatic heterocycles. The first-order chi connectivity index (χ1) is 14.9. The summed E-state index contributed by atoms with van der Waals surface area (Å²) >= 11 is 0. The molecular weight excluding hydrogens is 382 g/mol. The van der Waals surface area contributed by atoms with Crippen molar-refractivity contribution < 1.29 is 9.59 Å². The van der Waals surface area contributed by atoms with Gasteiger partial charge in [0.1, 0.15) is 0 Å². The van der Waals surface area contributed by atoms with Crippen molar-refractivity contribution in [2.45, 2.75) is 32.6 Å². The molecular formula is C28H23NO2. The second-order valence-corrected chi connectivity index (χ2v) is 9.73. The van der Waals surface area contributed by atoms with Crippen LogP contribution in [0.5, 0.6) is 0 Å². The van der Waals surface area contributed by atoms with E-state index in [-0.39, 0.29) is 22.9 Å². The highest BCUT2D eigenvalue weighted by molar-refractivity contribution is 6.30. The molecule has 3 heteroatoms. The van der Waals surface area contributed by atoms with E-state index in [1.165, 1.54) is 0 Å². The number of nitrogens with zero attached hydrogens (tertiary/aromatic N) is 1. The van der Waals surface area contributed by atoms with Gasteiger partial charge in [0.25, 0.3) is 0 Å². The van der Waals surface area contributed by atoms with Crippen LogP contribution in [0.25, 0.3) is 10.8 Å². The summed E-state index contributed by atoms with van der Waals surface area (Å²) in [5.41, 5.74) is 5.03. The van der Waals surface area contributed by atoms with Gasteiger partial charge in [0, 0.05) is 34.7 Å². The van der Waals surface area contributed by atoms with Gasteiger partial charge in [0.2, 0.25) is 0 Å². The van der Waals surface area contributed by atoms with E-state index in [2.05, 4.69) is 38.1 Å². The fourth-order valence-corrected chi connectivity index (χ4v) is 5.74. The van der Waals surface area contributed by atoms with Crippen LogP contribution in [-0.4, -0.2) is 17.3 Å². The third kappa shape index (κ3) is 2.62. The SMILES string of the molecule is CC1(C)CC(=O)C2=C(C1)N=C1c3ccccc3C(=O)C1C2c1cccc2ccccc12. The van der Waals surface area contributed by atoms with Crippen LogP contribution in [0.2, 0.25) is 0 Å². The van der Waals surface area contributed by atoms with Crippen molar-refractivity contribution in [1.82, 2.24) is 0 Å². The van der Waals surface area contributed by atoms with Crippen molar-refractivity contribution in [2.75, 3.05) is 0 Å². The molecule has 0 saturated heterocycles. The molecule has 3 aromatic rings. The topological polar surface area (TPSA) is 46.5 Å². The number of ketones is 2. The molecule has 6 rings (SSSR count). The highest BCUT2D eigenvalue weighted by atomic mass is 16.1. The highest BCUT2D eigenvalue weighted by Gasteiger charge is 2.50. The standard InChI is InChI=1S/C28H23NO2/c1-28(2)14-21-24(22(30)15-28)23(18-13-7-9-16-8-3-4-10-17(16)18)25-26(29-21)19-11-5-6-12-20(19)27(25)31/h3-13,23,25H,14-15H2,1-2H3. The van der Waals surface area contributed by atoms with E-state index < -0.39 is 5.92 Å². The summed E-state index contributed by atoms with van der Waals surface area (Å²) in [5.74, 6) is -0.517. The molecule has 3 nitrogen and oxygen atoms in total. The number of benzene rings is 3. The molecule has 0 bridgehead atoms. The van der Waals surface area contributed by atoms with Crippen molar-refractivity contribution in [3.63, 3.8) is 0 Å². The number of hydrogen-bond acceptors (Lipinski definition) is 3. The van der Waals surface area contributed by atoms with E-state index in [9.17, 15) is 9.59 Å². The van der Waals surface area contributed by atoms with E-state index in [0.717, 1.165) is 50.9 Å². The average molecular weight is 405 g/mol. The van der Waals surface area contributed by atoms with Crippen LogP contribution in [0, 0.1) is 11.3 Å². The molecule has 0 spiro atoms. The maximum atomic E-state index is 13.6. The van der Waals surface area contributed by atoms with E-state index in [4.69, 9.17) is 4.99 Å². The number of Topliss-reactive ketones (excluding diaryl/α,β-unsaturated/α-hetero) is 2. The molecule has 31 heavy (non-hydrogen) atoms. The predicted molar refractivity (Wildman–Crippen MR) is 123 cm³/mol. The van der Waals surface area contributed by atoms with Gasteiger partial charge < -0.3 is 0 Å². The number of hydrogen-bond donors (Lipinski definition) is 0. The Morgan fingerprint density at radius 2 is 1.52 bits per heavy atom. The van der Waals surface area contributed by atoms with Gasteiger partial charge in [0.05, 0.1) is 11.6 Å². The molecule has 1 aliphatic heterocycles. The zero-order valence-corrected chi connectivity index (χ0v) is 17.7. The van der Waals surface area contributed by atoms with Crippen LogP contribution in [0.3, 0.4) is 0 Å². The Kier molecular flexibility index (Phi) is 3.77. The molecule has 0 amide bonds. The average Bonchev–Trinajstić information content (AvgIpc) is 3.03. The van der Waals surface area contributed by atoms with Crippen LogP contribution < -0.4 is 0 Å². The first kappa shape index (κ1) is 18.4. The maximum Gasteiger partial charge on any atom is 0.173 e. The minimum atomic E-state index is -0.438. The summed E-state index contributed by atoms with van der Waals surface area (Å²) < 4.78 is 0. The van der Waals surface area contributed by atoms with Crippen molar-refractivity contribution >= 4 is 28.1 Å². The smallest absolute Gasteiger partial charge is 0.173 e. The van der Waals surface area contributed by atoms with E-state index in [0.29, 0.717) is 6.42 Å². The monoisotopic (exact) mass is 405 g/mol. The molecule has 0 N–H and O–H groups in total. The van der Waals surface area contributed by atoms with Crippen molar-refractivity contribution in [1.29, 1.82) is 0 Å². The van der Waals surface area contributed by atoms with Gasteiger partial charge in [-0.2, -0.15) is 0 Å². The third-order valence-corrected chi connectivity index (χ3v) is 7.00. The van der Waals surface area contributed by atoms with Gasteiger partial charge in [-0.25, -0.2) is 0 Å². The number of allylic oxidation sites excluding steroid dienone is 2. The van der Waals surface area contributed by atoms with Gasteiger partial charge in [-0.05, 0) is 28.2 Å². The van der Waals surface area contributed by atoms with E-state index >= 15 is 0 Å². The lowest BCUT2D eigenvalue weighted by molar-refractivity contribution is -0.118. The second kappa shape index (κ2) is 6.34. The number of aliphatic imine (C=N–C) groups is 1. The molecule has 0 radical (unpaired) electrons. The van der Waals surface area contributed by atoms with Crippen LogP contribution in [0.4, 0.5) is 0 Å². The number of carbonyl (C=O) groups excluding carboxylic acids is 2. The Balaban J connectivity index is 1.66. The molecule has 0 saturated carbocycles. The maximum absolute atomic E-state index is 13.6. The summed E-state index contributed by atoms with van der Waals surface area (Å²) in [6.45, 7) is 4.25. The Hall–Kier alpha value is -3.33. The molecule has 0 fully saturated rings. The molecule has 2 atom stereocenters. The van der Waals surface area contributed by atoms with Crippen molar-refractivity contribution in [3.05, 3.63) is 94.7 Å². The fraction of sp³-hybridized carbons (Fsp3) is 0.250. The van der Waals surface area contributed by atoms with E-state index in [1.807, 2.05) is 42.5 Å². The lowest BCUT2D eigenvalue weighted by Crippen LogP contribution is -2.37. The second-order valence-electron chi connectivity index (χ2n) is 9.73. The Labute approximate surface area is 181 Å². The van der Waals surface area contributed by atoms with Gasteiger partial charge in [0.15, 0.2) is 11.6 Å². The summed E-state index contributed by atoms with van der Waals surface area (Å²) in [4.78, 5) is 32.2. The summed E-state index contributed by atoms with van der Waals surface area (Å²) in [7, 11) is 0. The summed E-state index contributed by atoms with van der Waals surface area (Å²) in [6.07, 6.45) is 1.24. The lowest BCUT2D eigenvalue weighted by Gasteiger charge is -2.38. The minimum absolute atomic E-state index is 0.0801. The molecule has 2 aliphatic carbocycles. The molecule has 1 heterocycles. The van der Waals surface area contributed by atoms with Crippen LogP contribution in [0.1, 0.15) is 54.1 Å². The predicted octanol–water partition coefficient (Wildman–Crippen LogP) is 5.88. The van der Waals surface area contributed by atoms with Gasteiger partial charge in [-0.15, -0.1) is 0 Å². The Morgan fingerprint density at radius 1 is 0.806 bits per heavy atom. The summed E-state index contributed by atoms with van der Waals surface area (Å²) in [6, 6.07) is 22.2. The number of fused-ring (bicyclic) bond motifs is 4. The Morgan fingerprint density at radius 3 is 2.35 bits per heavy atom. The first-order valence-corrected chi connectivity index (χ1v) is 10.9. The molecule has 3 aliphatic rings. The van der Waals surface area contributed by atoms with Crippen molar-refractivity contribution in [3.8, 4) is 0 Å². The van der Waals surface area contributed by atoms with Crippen LogP contribution in [0.15, 0.2) is 83.0 Å². The fourth-order valence-electron chi connectivity index (χ4n) is 5.74. The van der Waals surface area contributed by atoms with Crippen LogP contribution >= 0.6 is 0 Å². The normalized spacial score (nSPS) is 24.0. The lowest BCUT2D eigenvalue weighted by atomic mass is 9.66. The quantitative estimate of drug-likeness (QED) is 0.507. The molecule has 152 valence electrons.